The number of H-pyrrole nitrogens is 1. The molecule has 0 atom stereocenters. The lowest BCUT2D eigenvalue weighted by molar-refractivity contribution is -0.385. The third kappa shape index (κ3) is 6.57. The number of aromatic nitrogens is 2. The van der Waals surface area contributed by atoms with Gasteiger partial charge >= 0.3 is 16.9 Å². The Morgan fingerprint density at radius 3 is 1.74 bits per heavy atom. The highest BCUT2D eigenvalue weighted by molar-refractivity contribution is 5.76. The lowest BCUT2D eigenvalue weighted by Gasteiger charge is -2.09. The Kier molecular flexibility index (Phi) is 8.50. The van der Waals surface area contributed by atoms with Gasteiger partial charge in [0.25, 0.3) is 5.88 Å². The van der Waals surface area contributed by atoms with Crippen LogP contribution in [0, 0.1) is 20.2 Å². The monoisotopic (exact) mass is 522 g/mol. The number of aromatic amines is 1. The van der Waals surface area contributed by atoms with Gasteiger partial charge in [0.15, 0.2) is 0 Å². The first kappa shape index (κ1) is 26.4. The summed E-state index contributed by atoms with van der Waals surface area (Å²) in [7, 11) is 0. The van der Waals surface area contributed by atoms with E-state index in [1.165, 1.54) is 18.5 Å². The molecular formula is C29H22N4O6. The lowest BCUT2D eigenvalue weighted by atomic mass is 10.1. The molecule has 10 heteroatoms. The van der Waals surface area contributed by atoms with E-state index in [-0.39, 0.29) is 18.2 Å². The van der Waals surface area contributed by atoms with Crippen molar-refractivity contribution in [2.24, 2.45) is 0 Å². The maximum absolute atomic E-state index is 11.5. The van der Waals surface area contributed by atoms with E-state index in [9.17, 15) is 25.0 Å². The zero-order chi connectivity index (χ0) is 27.6. The number of nitrogens with one attached hydrogen (secondary N) is 1. The second-order valence-electron chi connectivity index (χ2n) is 8.10. The number of benzene rings is 3. The molecule has 0 aliphatic heterocycles. The van der Waals surface area contributed by atoms with Crippen molar-refractivity contribution in [2.45, 2.75) is 6.61 Å². The minimum atomic E-state index is -0.689. The molecule has 0 saturated carbocycles. The zero-order valence-electron chi connectivity index (χ0n) is 20.5. The van der Waals surface area contributed by atoms with E-state index in [2.05, 4.69) is 9.97 Å². The van der Waals surface area contributed by atoms with Crippen molar-refractivity contribution in [3.8, 4) is 28.1 Å². The van der Waals surface area contributed by atoms with E-state index in [4.69, 9.17) is 4.74 Å². The van der Waals surface area contributed by atoms with Gasteiger partial charge in [-0.1, -0.05) is 91.0 Å². The third-order valence-corrected chi connectivity index (χ3v) is 5.58. The fourth-order valence-corrected chi connectivity index (χ4v) is 3.80. The predicted octanol–water partition coefficient (Wildman–Crippen LogP) is 6.19. The molecule has 194 valence electrons. The topological polar surface area (TPSA) is 141 Å². The van der Waals surface area contributed by atoms with Crippen molar-refractivity contribution in [1.29, 1.82) is 0 Å². The summed E-state index contributed by atoms with van der Waals surface area (Å²) < 4.78 is 5.59. The summed E-state index contributed by atoms with van der Waals surface area (Å²) in [5.74, 6) is 0.0280. The van der Waals surface area contributed by atoms with Gasteiger partial charge in [0.05, 0.1) is 21.0 Å². The number of hydrogen-bond acceptors (Lipinski definition) is 7. The van der Waals surface area contributed by atoms with Crippen LogP contribution in [-0.2, 0) is 6.61 Å². The molecule has 0 amide bonds. The second kappa shape index (κ2) is 12.5. The highest BCUT2D eigenvalue weighted by Crippen LogP contribution is 2.36. The summed E-state index contributed by atoms with van der Waals surface area (Å²) in [6.45, 7) is 0.229. The van der Waals surface area contributed by atoms with Crippen LogP contribution in [0.25, 0.3) is 22.3 Å². The average molecular weight is 523 g/mol. The van der Waals surface area contributed by atoms with Crippen LogP contribution in [0.2, 0.25) is 0 Å². The number of ether oxygens (including phenoxy) is 1. The van der Waals surface area contributed by atoms with Crippen molar-refractivity contribution in [1.82, 2.24) is 9.97 Å². The average Bonchev–Trinajstić information content (AvgIpc) is 2.97. The van der Waals surface area contributed by atoms with Gasteiger partial charge in [-0.3, -0.25) is 25.0 Å². The van der Waals surface area contributed by atoms with E-state index < -0.39 is 21.1 Å². The van der Waals surface area contributed by atoms with E-state index in [1.807, 2.05) is 66.7 Å². The Bertz CT molecular complexity index is 1620. The molecule has 0 saturated heterocycles. The Morgan fingerprint density at radius 2 is 1.21 bits per heavy atom. The van der Waals surface area contributed by atoms with Crippen molar-refractivity contribution >= 4 is 11.4 Å². The molecule has 0 unspecified atom stereocenters. The van der Waals surface area contributed by atoms with Crippen molar-refractivity contribution in [3.63, 3.8) is 0 Å². The molecular weight excluding hydrogens is 500 g/mol. The van der Waals surface area contributed by atoms with E-state index in [0.717, 1.165) is 11.1 Å². The summed E-state index contributed by atoms with van der Waals surface area (Å²) in [6.07, 6.45) is 2.92. The van der Waals surface area contributed by atoms with E-state index >= 15 is 0 Å². The minimum Gasteiger partial charge on any atom is -0.468 e. The SMILES string of the molecule is O=[N+]([O-])c1c(-c2ccccc2)ccnc1OCc1ccccc1.O=c1[nH]ccc(-c2ccccc2)c1[N+](=O)[O-]. The number of pyridine rings is 2. The standard InChI is InChI=1S/C18H14N2O3.C11H8N2O3/c21-20(22)17-16(15-9-5-2-6-10-15)11-12-19-18(17)23-13-14-7-3-1-4-8-14;14-11-10(13(15)16)9(6-7-12-11)8-4-2-1-3-5-8/h1-12H,13H2;1-7H,(H,12,14). The quantitative estimate of drug-likeness (QED) is 0.198. The van der Waals surface area contributed by atoms with Gasteiger partial charge < -0.3 is 9.72 Å². The van der Waals surface area contributed by atoms with Crippen LogP contribution in [0.4, 0.5) is 11.4 Å². The van der Waals surface area contributed by atoms with Crippen LogP contribution in [-0.4, -0.2) is 19.8 Å². The summed E-state index contributed by atoms with van der Waals surface area (Å²) >= 11 is 0. The molecule has 10 nitrogen and oxygen atoms in total. The van der Waals surface area contributed by atoms with E-state index in [1.54, 1.807) is 30.3 Å². The summed E-state index contributed by atoms with van der Waals surface area (Å²) in [5, 5.41) is 22.3. The smallest absolute Gasteiger partial charge is 0.341 e. The second-order valence-corrected chi connectivity index (χ2v) is 8.10. The predicted molar refractivity (Wildman–Crippen MR) is 146 cm³/mol. The molecule has 0 aliphatic rings. The normalized spacial score (nSPS) is 10.2. The van der Waals surface area contributed by atoms with Gasteiger partial charge in [-0.05, 0) is 28.8 Å². The lowest BCUT2D eigenvalue weighted by Crippen LogP contribution is -2.11. The molecule has 0 bridgehead atoms. The summed E-state index contributed by atoms with van der Waals surface area (Å²) in [6, 6.07) is 30.6. The fourth-order valence-electron chi connectivity index (χ4n) is 3.80. The van der Waals surface area contributed by atoms with Crippen LogP contribution >= 0.6 is 0 Å². The first-order valence-electron chi connectivity index (χ1n) is 11.7. The maximum atomic E-state index is 11.5. The van der Waals surface area contributed by atoms with Crippen LogP contribution in [0.5, 0.6) is 5.88 Å². The van der Waals surface area contributed by atoms with Crippen molar-refractivity contribution in [3.05, 3.63) is 152 Å². The van der Waals surface area contributed by atoms with Gasteiger partial charge in [0.2, 0.25) is 0 Å². The Labute approximate surface area is 222 Å². The molecule has 39 heavy (non-hydrogen) atoms. The first-order chi connectivity index (χ1) is 19.0. The fraction of sp³-hybridized carbons (Fsp3) is 0.0345. The summed E-state index contributed by atoms with van der Waals surface area (Å²) in [5.41, 5.74) is 1.93. The van der Waals surface area contributed by atoms with Crippen LogP contribution in [0.15, 0.2) is 120 Å². The molecule has 0 radical (unpaired) electrons. The number of hydrogen-bond donors (Lipinski definition) is 1. The number of nitro groups is 2. The Hall–Kier alpha value is -5.64. The Morgan fingerprint density at radius 1 is 0.692 bits per heavy atom. The van der Waals surface area contributed by atoms with Gasteiger partial charge in [-0.2, -0.15) is 0 Å². The molecule has 2 heterocycles. The number of nitrogens with zero attached hydrogens (tertiary/aromatic N) is 3. The molecule has 0 fully saturated rings. The Balaban J connectivity index is 0.000000193. The summed E-state index contributed by atoms with van der Waals surface area (Å²) in [4.78, 5) is 38.9. The molecule has 2 aromatic heterocycles. The molecule has 5 rings (SSSR count). The van der Waals surface area contributed by atoms with Gasteiger partial charge in [-0.15, -0.1) is 0 Å². The molecule has 5 aromatic rings. The highest BCUT2D eigenvalue weighted by Gasteiger charge is 2.23. The molecule has 1 N–H and O–H groups in total. The van der Waals surface area contributed by atoms with Crippen molar-refractivity contribution in [2.75, 3.05) is 0 Å². The highest BCUT2D eigenvalue weighted by atomic mass is 16.6. The largest absolute Gasteiger partial charge is 0.468 e. The van der Waals surface area contributed by atoms with Gasteiger partial charge in [0, 0.05) is 12.4 Å². The molecule has 3 aromatic carbocycles. The molecule has 0 spiro atoms. The van der Waals surface area contributed by atoms with Crippen molar-refractivity contribution < 1.29 is 14.6 Å². The van der Waals surface area contributed by atoms with Gasteiger partial charge in [0.1, 0.15) is 6.61 Å². The maximum Gasteiger partial charge on any atom is 0.341 e. The van der Waals surface area contributed by atoms with Gasteiger partial charge in [-0.25, -0.2) is 4.98 Å². The van der Waals surface area contributed by atoms with Crippen LogP contribution in [0.1, 0.15) is 5.56 Å². The molecule has 0 aliphatic carbocycles. The van der Waals surface area contributed by atoms with Crippen LogP contribution < -0.4 is 10.3 Å². The minimum absolute atomic E-state index is 0.0280. The first-order valence-corrected chi connectivity index (χ1v) is 11.7. The van der Waals surface area contributed by atoms with Crippen LogP contribution in [0.3, 0.4) is 0 Å². The third-order valence-electron chi connectivity index (χ3n) is 5.58. The number of rotatable bonds is 7. The van der Waals surface area contributed by atoms with E-state index in [0.29, 0.717) is 16.7 Å². The zero-order valence-corrected chi connectivity index (χ0v) is 20.5.